The number of carbonyl (C=O) groups is 1. The van der Waals surface area contributed by atoms with Crippen LogP contribution in [0.5, 0.6) is 0 Å². The molecule has 1 saturated carbocycles. The number of carbonyl (C=O) groups excluding carboxylic acids is 1. The van der Waals surface area contributed by atoms with E-state index in [1.165, 1.54) is 38.5 Å². The van der Waals surface area contributed by atoms with E-state index in [1.807, 2.05) is 19.9 Å². The lowest BCUT2D eigenvalue weighted by Crippen LogP contribution is -2.44. The molecule has 1 aromatic carbocycles. The van der Waals surface area contributed by atoms with E-state index in [2.05, 4.69) is 29.8 Å². The standard InChI is InChI=1S/C22H36N2O3/c1-7-24(19-10-8-18(9-11-19)23(4)12-13-26-5)21-15-16(2)14-20(17(21)3)22(25)27-6/h14-15,18-19H,7-13H2,1-6H3. The molecule has 0 spiro atoms. The van der Waals surface area contributed by atoms with Crippen molar-refractivity contribution < 1.29 is 14.3 Å². The molecule has 0 bridgehead atoms. The van der Waals surface area contributed by atoms with Crippen LogP contribution >= 0.6 is 0 Å². The van der Waals surface area contributed by atoms with Gasteiger partial charge in [-0.2, -0.15) is 0 Å². The van der Waals surface area contributed by atoms with E-state index in [0.29, 0.717) is 17.6 Å². The highest BCUT2D eigenvalue weighted by Crippen LogP contribution is 2.33. The van der Waals surface area contributed by atoms with Crippen molar-refractivity contribution in [3.05, 3.63) is 28.8 Å². The number of anilines is 1. The molecular formula is C22H36N2O3. The minimum atomic E-state index is -0.253. The van der Waals surface area contributed by atoms with Crippen LogP contribution in [0.25, 0.3) is 0 Å². The van der Waals surface area contributed by atoms with Gasteiger partial charge >= 0.3 is 5.97 Å². The molecule has 1 aliphatic carbocycles. The molecule has 0 unspecified atom stereocenters. The molecule has 0 atom stereocenters. The summed E-state index contributed by atoms with van der Waals surface area (Å²) >= 11 is 0. The van der Waals surface area contributed by atoms with Crippen molar-refractivity contribution in [2.75, 3.05) is 45.9 Å². The minimum Gasteiger partial charge on any atom is -0.465 e. The first-order valence-electron chi connectivity index (χ1n) is 10.1. The van der Waals surface area contributed by atoms with Crippen molar-refractivity contribution in [2.24, 2.45) is 0 Å². The molecule has 27 heavy (non-hydrogen) atoms. The van der Waals surface area contributed by atoms with Gasteiger partial charge in [-0.05, 0) is 76.8 Å². The average Bonchev–Trinajstić information content (AvgIpc) is 2.68. The molecule has 0 heterocycles. The number of hydrogen-bond acceptors (Lipinski definition) is 5. The number of methoxy groups -OCH3 is 2. The second kappa shape index (κ2) is 10.1. The number of likely N-dealkylation sites (N-methyl/N-ethyl adjacent to an activating group) is 1. The molecule has 0 aliphatic heterocycles. The molecule has 0 N–H and O–H groups in total. The van der Waals surface area contributed by atoms with Crippen LogP contribution in [0.3, 0.4) is 0 Å². The SMILES string of the molecule is CCN(c1cc(C)cc(C(=O)OC)c1C)C1CCC(N(C)CCOC)CC1. The smallest absolute Gasteiger partial charge is 0.338 e. The van der Waals surface area contributed by atoms with Crippen molar-refractivity contribution in [3.63, 3.8) is 0 Å². The van der Waals surface area contributed by atoms with Crippen LogP contribution in [0, 0.1) is 13.8 Å². The molecule has 1 aromatic rings. The predicted molar refractivity (Wildman–Crippen MR) is 111 cm³/mol. The maximum atomic E-state index is 12.2. The molecule has 2 rings (SSSR count). The van der Waals surface area contributed by atoms with Gasteiger partial charge in [-0.1, -0.05) is 0 Å². The Morgan fingerprint density at radius 2 is 1.74 bits per heavy atom. The largest absolute Gasteiger partial charge is 0.465 e. The Balaban J connectivity index is 2.14. The van der Waals surface area contributed by atoms with E-state index >= 15 is 0 Å². The van der Waals surface area contributed by atoms with E-state index in [-0.39, 0.29) is 5.97 Å². The van der Waals surface area contributed by atoms with E-state index in [9.17, 15) is 4.79 Å². The fourth-order valence-corrected chi connectivity index (χ4v) is 4.31. The fraction of sp³-hybridized carbons (Fsp3) is 0.682. The third kappa shape index (κ3) is 5.23. The summed E-state index contributed by atoms with van der Waals surface area (Å²) in [4.78, 5) is 17.1. The van der Waals surface area contributed by atoms with Gasteiger partial charge in [0.2, 0.25) is 0 Å². The maximum Gasteiger partial charge on any atom is 0.338 e. The van der Waals surface area contributed by atoms with E-state index in [1.54, 1.807) is 7.11 Å². The summed E-state index contributed by atoms with van der Waals surface area (Å²) in [6.45, 7) is 9.01. The lowest BCUT2D eigenvalue weighted by molar-refractivity contribution is 0.0600. The first kappa shape index (κ1) is 21.7. The summed E-state index contributed by atoms with van der Waals surface area (Å²) in [5.41, 5.74) is 3.98. The first-order chi connectivity index (χ1) is 12.9. The normalized spacial score (nSPS) is 20.0. The van der Waals surface area contributed by atoms with Gasteiger partial charge < -0.3 is 19.3 Å². The Kier molecular flexibility index (Phi) is 8.11. The van der Waals surface area contributed by atoms with Gasteiger partial charge in [0.05, 0.1) is 19.3 Å². The molecule has 0 saturated heterocycles. The predicted octanol–water partition coefficient (Wildman–Crippen LogP) is 3.81. The molecular weight excluding hydrogens is 340 g/mol. The van der Waals surface area contributed by atoms with Crippen LogP contribution in [0.2, 0.25) is 0 Å². The molecule has 0 radical (unpaired) electrons. The maximum absolute atomic E-state index is 12.2. The number of aryl methyl sites for hydroxylation is 1. The summed E-state index contributed by atoms with van der Waals surface area (Å²) in [5, 5.41) is 0. The van der Waals surface area contributed by atoms with Crippen LogP contribution in [-0.4, -0.2) is 63.9 Å². The zero-order chi connectivity index (χ0) is 20.0. The van der Waals surface area contributed by atoms with Gasteiger partial charge in [-0.25, -0.2) is 4.79 Å². The van der Waals surface area contributed by atoms with Gasteiger partial charge in [0.1, 0.15) is 0 Å². The van der Waals surface area contributed by atoms with Gasteiger partial charge in [-0.3, -0.25) is 0 Å². The Bertz CT molecular complexity index is 624. The molecule has 5 heteroatoms. The summed E-state index contributed by atoms with van der Waals surface area (Å²) in [5.74, 6) is -0.253. The second-order valence-electron chi connectivity index (χ2n) is 7.67. The van der Waals surface area contributed by atoms with Gasteiger partial charge in [0.25, 0.3) is 0 Å². The third-order valence-electron chi connectivity index (χ3n) is 5.96. The van der Waals surface area contributed by atoms with Crippen molar-refractivity contribution in [2.45, 2.75) is 58.5 Å². The minimum absolute atomic E-state index is 0.253. The van der Waals surface area contributed by atoms with Crippen LogP contribution in [0.4, 0.5) is 5.69 Å². The summed E-state index contributed by atoms with van der Waals surface area (Å²) in [6.07, 6.45) is 4.76. The topological polar surface area (TPSA) is 42.0 Å². The molecule has 5 nitrogen and oxygen atoms in total. The third-order valence-corrected chi connectivity index (χ3v) is 5.96. The summed E-state index contributed by atoms with van der Waals surface area (Å²) in [7, 11) is 5.41. The Labute approximate surface area is 164 Å². The highest BCUT2D eigenvalue weighted by atomic mass is 16.5. The van der Waals surface area contributed by atoms with Crippen LogP contribution in [0.15, 0.2) is 12.1 Å². The van der Waals surface area contributed by atoms with E-state index in [0.717, 1.165) is 30.8 Å². The van der Waals surface area contributed by atoms with Crippen molar-refractivity contribution in [3.8, 4) is 0 Å². The average molecular weight is 377 g/mol. The lowest BCUT2D eigenvalue weighted by Gasteiger charge is -2.41. The number of benzene rings is 1. The number of hydrogen-bond donors (Lipinski definition) is 0. The highest BCUT2D eigenvalue weighted by molar-refractivity contribution is 5.93. The molecule has 0 amide bonds. The van der Waals surface area contributed by atoms with Crippen molar-refractivity contribution in [1.29, 1.82) is 0 Å². The quantitative estimate of drug-likeness (QED) is 0.646. The molecule has 1 aliphatic rings. The second-order valence-corrected chi connectivity index (χ2v) is 7.67. The van der Waals surface area contributed by atoms with Crippen molar-refractivity contribution in [1.82, 2.24) is 4.90 Å². The van der Waals surface area contributed by atoms with Gasteiger partial charge in [0.15, 0.2) is 0 Å². The Morgan fingerprint density at radius 3 is 2.30 bits per heavy atom. The van der Waals surface area contributed by atoms with Crippen molar-refractivity contribution >= 4 is 11.7 Å². The van der Waals surface area contributed by atoms with Gasteiger partial charge in [-0.15, -0.1) is 0 Å². The van der Waals surface area contributed by atoms with Crippen LogP contribution < -0.4 is 4.90 Å². The number of ether oxygens (including phenoxy) is 2. The number of esters is 1. The Hall–Kier alpha value is -1.59. The Morgan fingerprint density at radius 1 is 1.11 bits per heavy atom. The van der Waals surface area contributed by atoms with E-state index in [4.69, 9.17) is 9.47 Å². The van der Waals surface area contributed by atoms with Crippen LogP contribution in [0.1, 0.15) is 54.1 Å². The lowest BCUT2D eigenvalue weighted by atomic mass is 9.88. The number of nitrogens with zero attached hydrogens (tertiary/aromatic N) is 2. The monoisotopic (exact) mass is 376 g/mol. The highest BCUT2D eigenvalue weighted by Gasteiger charge is 2.28. The fourth-order valence-electron chi connectivity index (χ4n) is 4.31. The summed E-state index contributed by atoms with van der Waals surface area (Å²) in [6, 6.07) is 5.30. The van der Waals surface area contributed by atoms with E-state index < -0.39 is 0 Å². The zero-order valence-electron chi connectivity index (χ0n) is 17.9. The number of rotatable bonds is 8. The van der Waals surface area contributed by atoms with Gasteiger partial charge in [0, 0.05) is 38.0 Å². The molecule has 1 fully saturated rings. The zero-order valence-corrected chi connectivity index (χ0v) is 17.9. The first-order valence-corrected chi connectivity index (χ1v) is 10.1. The summed E-state index contributed by atoms with van der Waals surface area (Å²) < 4.78 is 10.2. The van der Waals surface area contributed by atoms with Crippen LogP contribution in [-0.2, 0) is 9.47 Å². The molecule has 0 aromatic heterocycles. The molecule has 152 valence electrons.